The Labute approximate surface area is 141 Å². The summed E-state index contributed by atoms with van der Waals surface area (Å²) in [7, 11) is 3.46. The fraction of sp³-hybridized carbons (Fsp3) is 0.250. The van der Waals surface area contributed by atoms with Gasteiger partial charge in [-0.25, -0.2) is 4.39 Å². The molecule has 5 nitrogen and oxygen atoms in total. The zero-order valence-electron chi connectivity index (χ0n) is 12.9. The van der Waals surface area contributed by atoms with Crippen molar-refractivity contribution in [3.05, 3.63) is 40.1 Å². The van der Waals surface area contributed by atoms with Crippen LogP contribution in [0.5, 0.6) is 5.75 Å². The quantitative estimate of drug-likeness (QED) is 0.487. The average Bonchev–Trinajstić information content (AvgIpc) is 2.86. The molecule has 2 aromatic rings. The second-order valence-corrected chi connectivity index (χ2v) is 6.02. The van der Waals surface area contributed by atoms with Crippen molar-refractivity contribution in [3.8, 4) is 11.8 Å². The molecule has 0 amide bonds. The van der Waals surface area contributed by atoms with Gasteiger partial charge in [-0.2, -0.15) is 5.26 Å². The minimum atomic E-state index is -1.45. The minimum absolute atomic E-state index is 0.0227. The van der Waals surface area contributed by atoms with Crippen LogP contribution >= 0.6 is 15.9 Å². The number of alkyl halides is 1. The molecule has 7 heteroatoms. The highest BCUT2D eigenvalue weighted by Crippen LogP contribution is 2.32. The van der Waals surface area contributed by atoms with E-state index in [0.717, 1.165) is 0 Å². The number of aromatic amines is 1. The summed E-state index contributed by atoms with van der Waals surface area (Å²) in [5.41, 5.74) is 0.989. The summed E-state index contributed by atoms with van der Waals surface area (Å²) in [4.78, 5) is 17.0. The molecule has 23 heavy (non-hydrogen) atoms. The molecule has 0 radical (unpaired) electrons. The third kappa shape index (κ3) is 3.90. The SMILES string of the molecule is CC(F)Oc1cc2cc(C(=O)/C(C#N)=C/N(C)C)[nH]c2cc1Br. The van der Waals surface area contributed by atoms with Crippen LogP contribution in [0.15, 0.2) is 34.4 Å². The predicted molar refractivity (Wildman–Crippen MR) is 88.9 cm³/mol. The van der Waals surface area contributed by atoms with Crippen LogP contribution in [0.25, 0.3) is 10.9 Å². The van der Waals surface area contributed by atoms with Gasteiger partial charge in [-0.05, 0) is 34.1 Å². The van der Waals surface area contributed by atoms with Crippen molar-refractivity contribution in [2.75, 3.05) is 14.1 Å². The first kappa shape index (κ1) is 17.0. The number of benzene rings is 1. The number of nitrogens with zero attached hydrogens (tertiary/aromatic N) is 2. The molecule has 1 aromatic heterocycles. The normalized spacial score (nSPS) is 12.8. The van der Waals surface area contributed by atoms with Gasteiger partial charge in [0, 0.05) is 38.1 Å². The van der Waals surface area contributed by atoms with Crippen molar-refractivity contribution in [2.24, 2.45) is 0 Å². The number of hydrogen-bond acceptors (Lipinski definition) is 4. The first-order valence-corrected chi connectivity index (χ1v) is 7.57. The Balaban J connectivity index is 2.44. The van der Waals surface area contributed by atoms with E-state index in [2.05, 4.69) is 20.9 Å². The van der Waals surface area contributed by atoms with Gasteiger partial charge >= 0.3 is 0 Å². The lowest BCUT2D eigenvalue weighted by Gasteiger charge is -2.08. The van der Waals surface area contributed by atoms with Gasteiger partial charge in [-0.1, -0.05) is 0 Å². The number of halogens is 2. The van der Waals surface area contributed by atoms with Crippen molar-refractivity contribution in [2.45, 2.75) is 13.3 Å². The van der Waals surface area contributed by atoms with Gasteiger partial charge in [-0.3, -0.25) is 4.79 Å². The molecular weight excluding hydrogens is 365 g/mol. The fourth-order valence-corrected chi connectivity index (χ4v) is 2.50. The van der Waals surface area contributed by atoms with Gasteiger partial charge in [0.25, 0.3) is 0 Å². The molecule has 0 aliphatic carbocycles. The van der Waals surface area contributed by atoms with Crippen LogP contribution in [0.3, 0.4) is 0 Å². The second kappa shape index (κ2) is 6.84. The van der Waals surface area contributed by atoms with Crippen molar-refractivity contribution < 1.29 is 13.9 Å². The fourth-order valence-electron chi connectivity index (χ4n) is 2.06. The largest absolute Gasteiger partial charge is 0.460 e. The summed E-state index contributed by atoms with van der Waals surface area (Å²) < 4.78 is 18.7. The van der Waals surface area contributed by atoms with Gasteiger partial charge in [0.05, 0.1) is 10.2 Å². The highest BCUT2D eigenvalue weighted by Gasteiger charge is 2.16. The molecule has 0 aliphatic rings. The molecule has 1 N–H and O–H groups in total. The number of nitrogens with one attached hydrogen (secondary N) is 1. The van der Waals surface area contributed by atoms with Gasteiger partial charge in [0.1, 0.15) is 17.4 Å². The zero-order valence-corrected chi connectivity index (χ0v) is 14.4. The topological polar surface area (TPSA) is 69.1 Å². The molecule has 0 saturated heterocycles. The number of ketones is 1. The Bertz CT molecular complexity index is 819. The molecule has 2 rings (SSSR count). The highest BCUT2D eigenvalue weighted by molar-refractivity contribution is 9.10. The molecule has 0 fully saturated rings. The number of allylic oxidation sites excluding steroid dienone is 1. The number of Topliss-reactive ketones (excluding diaryl/α,β-unsaturated/α-hetero) is 1. The Morgan fingerprint density at radius 2 is 2.17 bits per heavy atom. The van der Waals surface area contributed by atoms with Crippen molar-refractivity contribution in [1.82, 2.24) is 9.88 Å². The third-order valence-corrected chi connectivity index (χ3v) is 3.58. The zero-order chi connectivity index (χ0) is 17.1. The van der Waals surface area contributed by atoms with E-state index < -0.39 is 12.1 Å². The Hall–Kier alpha value is -2.33. The maximum atomic E-state index is 13.0. The van der Waals surface area contributed by atoms with E-state index in [4.69, 9.17) is 10.00 Å². The lowest BCUT2D eigenvalue weighted by molar-refractivity contribution is 0.0853. The number of ether oxygens (including phenoxy) is 1. The van der Waals surface area contributed by atoms with E-state index in [9.17, 15) is 9.18 Å². The Morgan fingerprint density at radius 3 is 2.74 bits per heavy atom. The molecule has 0 bridgehead atoms. The number of hydrogen-bond donors (Lipinski definition) is 1. The summed E-state index contributed by atoms with van der Waals surface area (Å²) in [5.74, 6) is -0.0651. The monoisotopic (exact) mass is 379 g/mol. The molecular formula is C16H15BrFN3O2. The van der Waals surface area contributed by atoms with Gasteiger partial charge in [0.2, 0.25) is 12.1 Å². The van der Waals surface area contributed by atoms with E-state index in [0.29, 0.717) is 21.1 Å². The van der Waals surface area contributed by atoms with E-state index in [1.54, 1.807) is 37.2 Å². The Morgan fingerprint density at radius 1 is 1.48 bits per heavy atom. The summed E-state index contributed by atoms with van der Waals surface area (Å²) in [6, 6.07) is 6.83. The van der Waals surface area contributed by atoms with Crippen LogP contribution in [-0.4, -0.2) is 36.1 Å². The molecule has 1 aromatic carbocycles. The number of rotatable bonds is 5. The standard InChI is InChI=1S/C16H15BrFN3O2/c1-9(18)23-15-5-10-4-14(20-13(10)6-12(15)17)16(22)11(7-19)8-21(2)3/h4-6,8-9,20H,1-3H3/b11-8+. The summed E-state index contributed by atoms with van der Waals surface area (Å²) >= 11 is 3.30. The van der Waals surface area contributed by atoms with Crippen molar-refractivity contribution in [3.63, 3.8) is 0 Å². The van der Waals surface area contributed by atoms with E-state index in [1.807, 2.05) is 6.07 Å². The summed E-state index contributed by atoms with van der Waals surface area (Å²) in [6.07, 6.45) is 0.0142. The molecule has 1 heterocycles. The van der Waals surface area contributed by atoms with Crippen LogP contribution in [0.4, 0.5) is 4.39 Å². The van der Waals surface area contributed by atoms with Crippen LogP contribution in [0.1, 0.15) is 17.4 Å². The van der Waals surface area contributed by atoms with Gasteiger partial charge in [0.15, 0.2) is 0 Å². The third-order valence-electron chi connectivity index (χ3n) is 2.96. The number of aromatic nitrogens is 1. The summed E-state index contributed by atoms with van der Waals surface area (Å²) in [5, 5.41) is 9.81. The van der Waals surface area contributed by atoms with Gasteiger partial charge in [-0.15, -0.1) is 0 Å². The maximum absolute atomic E-state index is 13.0. The second-order valence-electron chi connectivity index (χ2n) is 5.16. The molecule has 0 aliphatic heterocycles. The molecule has 1 unspecified atom stereocenters. The molecule has 1 atom stereocenters. The van der Waals surface area contributed by atoms with Crippen molar-refractivity contribution in [1.29, 1.82) is 5.26 Å². The first-order chi connectivity index (χ1) is 10.8. The molecule has 0 spiro atoms. The minimum Gasteiger partial charge on any atom is -0.460 e. The predicted octanol–water partition coefficient (Wildman–Crippen LogP) is 3.78. The van der Waals surface area contributed by atoms with E-state index >= 15 is 0 Å². The number of H-pyrrole nitrogens is 1. The number of carbonyl (C=O) groups is 1. The number of fused-ring (bicyclic) bond motifs is 1. The number of carbonyl (C=O) groups excluding carboxylic acids is 1. The maximum Gasteiger partial charge on any atom is 0.235 e. The summed E-state index contributed by atoms with van der Waals surface area (Å²) in [6.45, 7) is 1.29. The van der Waals surface area contributed by atoms with Crippen LogP contribution in [0.2, 0.25) is 0 Å². The van der Waals surface area contributed by atoms with Crippen molar-refractivity contribution >= 4 is 32.6 Å². The Kier molecular flexibility index (Phi) is 5.06. The van der Waals surface area contributed by atoms with Crippen LogP contribution in [-0.2, 0) is 0 Å². The highest BCUT2D eigenvalue weighted by atomic mass is 79.9. The first-order valence-electron chi connectivity index (χ1n) is 6.78. The number of nitriles is 1. The lowest BCUT2D eigenvalue weighted by Crippen LogP contribution is -2.09. The van der Waals surface area contributed by atoms with E-state index in [-0.39, 0.29) is 11.3 Å². The lowest BCUT2D eigenvalue weighted by atomic mass is 10.1. The van der Waals surface area contributed by atoms with Gasteiger partial charge < -0.3 is 14.6 Å². The molecule has 120 valence electrons. The van der Waals surface area contributed by atoms with Crippen LogP contribution in [0, 0.1) is 11.3 Å². The average molecular weight is 380 g/mol. The van der Waals surface area contributed by atoms with E-state index in [1.165, 1.54) is 13.1 Å². The smallest absolute Gasteiger partial charge is 0.235 e. The molecule has 0 saturated carbocycles. The van der Waals surface area contributed by atoms with Crippen LogP contribution < -0.4 is 4.74 Å².